The topological polar surface area (TPSA) is 14.0 Å². The zero-order valence-electron chi connectivity index (χ0n) is 3.69. The first-order chi connectivity index (χ1) is 3.39. The molecule has 1 heterocycles. The molecule has 1 nitrogen and oxygen atoms in total. The van der Waals surface area contributed by atoms with Gasteiger partial charge in [0.25, 0.3) is 0 Å². The predicted molar refractivity (Wildman–Crippen MR) is 24.8 cm³/mol. The van der Waals surface area contributed by atoms with Gasteiger partial charge < -0.3 is 11.1 Å². The summed E-state index contributed by atoms with van der Waals surface area (Å²) in [5, 5.41) is 0. The maximum atomic E-state index is 11.9. The quantitative estimate of drug-likeness (QED) is 0.306. The molecule has 7 heavy (non-hydrogen) atoms. The van der Waals surface area contributed by atoms with E-state index < -0.39 is 0 Å². The largest absolute Gasteiger partial charge is 0.326 e. The standard InChI is InChI=1S/C5H5FN/c6-5-3-1-2-4-7-5/h1-4,7H/q-1. The Hall–Kier alpha value is -0.920. The minimum Gasteiger partial charge on any atom is -0.326 e. The van der Waals surface area contributed by atoms with Gasteiger partial charge in [-0.3, -0.25) is 6.42 Å². The molecule has 1 N–H and O–H groups in total. The fourth-order valence-corrected chi connectivity index (χ4v) is 0.371. The summed E-state index contributed by atoms with van der Waals surface area (Å²) in [6.07, 6.45) is 5.95. The summed E-state index contributed by atoms with van der Waals surface area (Å²) < 4.78 is 11.9. The molecule has 0 aliphatic carbocycles. The zero-order valence-corrected chi connectivity index (χ0v) is 3.69. The molecule has 0 atom stereocenters. The number of hydrogen-bond acceptors (Lipinski definition) is 0. The Bertz CT molecular complexity index is 94.6. The Labute approximate surface area is 41.6 Å². The lowest BCUT2D eigenvalue weighted by Gasteiger charge is -2.08. The van der Waals surface area contributed by atoms with Crippen molar-refractivity contribution in [3.63, 3.8) is 0 Å². The van der Waals surface area contributed by atoms with E-state index in [4.69, 9.17) is 0 Å². The number of allylic oxidation sites excluding steroid dienone is 1. The molecular formula is C5H5FN-. The molecule has 0 saturated heterocycles. The van der Waals surface area contributed by atoms with Crippen LogP contribution in [0.25, 0.3) is 0 Å². The van der Waals surface area contributed by atoms with Crippen molar-refractivity contribution in [2.24, 2.45) is 0 Å². The van der Waals surface area contributed by atoms with Gasteiger partial charge in [0.15, 0.2) is 6.30 Å². The highest BCUT2D eigenvalue weighted by Crippen LogP contribution is 1.91. The van der Waals surface area contributed by atoms with E-state index in [0.29, 0.717) is 0 Å². The maximum Gasteiger partial charge on any atom is 0.162 e. The van der Waals surface area contributed by atoms with E-state index in [9.17, 15) is 4.39 Å². The van der Waals surface area contributed by atoms with Crippen LogP contribution in [0.4, 0.5) is 4.39 Å². The van der Waals surface area contributed by atoms with E-state index in [0.717, 1.165) is 0 Å². The minimum atomic E-state index is -0.303. The van der Waals surface area contributed by atoms with Gasteiger partial charge in [0.2, 0.25) is 0 Å². The zero-order chi connectivity index (χ0) is 5.11. The van der Waals surface area contributed by atoms with Crippen molar-refractivity contribution in [2.75, 3.05) is 0 Å². The summed E-state index contributed by atoms with van der Waals surface area (Å²) in [5.41, 5.74) is 0. The Kier molecular flexibility index (Phi) is 1.02. The van der Waals surface area contributed by atoms with Crippen LogP contribution in [0.2, 0.25) is 0 Å². The molecule has 38 valence electrons. The first kappa shape index (κ1) is 4.24. The fourth-order valence-electron chi connectivity index (χ4n) is 0.371. The minimum absolute atomic E-state index is 0.303. The summed E-state index contributed by atoms with van der Waals surface area (Å²) >= 11 is 0. The van der Waals surface area contributed by atoms with Crippen molar-refractivity contribution in [1.82, 2.24) is 0 Å². The molecule has 0 fully saturated rings. The van der Waals surface area contributed by atoms with Crippen molar-refractivity contribution in [3.05, 3.63) is 24.9 Å². The smallest absolute Gasteiger partial charge is 0.162 e. The van der Waals surface area contributed by atoms with E-state index in [-0.39, 0.29) is 6.30 Å². The van der Waals surface area contributed by atoms with E-state index in [2.05, 4.69) is 4.99 Å². The third kappa shape index (κ3) is 0.961. The van der Waals surface area contributed by atoms with Crippen LogP contribution in [-0.4, -0.2) is 6.21 Å². The van der Waals surface area contributed by atoms with Gasteiger partial charge in [0.1, 0.15) is 0 Å². The molecule has 0 aromatic heterocycles. The summed E-state index contributed by atoms with van der Waals surface area (Å²) in [6, 6.07) is 0. The molecule has 0 aromatic carbocycles. The third-order valence-corrected chi connectivity index (χ3v) is 0.671. The number of halogens is 1. The molecule has 1 rings (SSSR count). The molecule has 1 aliphatic heterocycles. The van der Waals surface area contributed by atoms with Crippen LogP contribution < -0.4 is 4.99 Å². The van der Waals surface area contributed by atoms with Crippen molar-refractivity contribution in [2.45, 2.75) is 0 Å². The molecule has 0 unspecified atom stereocenters. The summed E-state index contributed by atoms with van der Waals surface area (Å²) in [5.74, 6) is 0. The van der Waals surface area contributed by atoms with Gasteiger partial charge in [0, 0.05) is 0 Å². The van der Waals surface area contributed by atoms with Crippen molar-refractivity contribution < 1.29 is 9.38 Å². The lowest BCUT2D eigenvalue weighted by atomic mass is 10.3. The van der Waals surface area contributed by atoms with Gasteiger partial charge in [-0.15, -0.1) is 0 Å². The van der Waals surface area contributed by atoms with Crippen molar-refractivity contribution in [3.8, 4) is 0 Å². The van der Waals surface area contributed by atoms with Crippen LogP contribution in [0.5, 0.6) is 0 Å². The van der Waals surface area contributed by atoms with Gasteiger partial charge >= 0.3 is 0 Å². The lowest BCUT2D eigenvalue weighted by molar-refractivity contribution is -0.455. The molecule has 0 spiro atoms. The summed E-state index contributed by atoms with van der Waals surface area (Å²) in [6.45, 7) is 0. The SMILES string of the molecule is F[C-]1C=C[CH-]C=[NH+]1. The highest BCUT2D eigenvalue weighted by molar-refractivity contribution is 5.66. The van der Waals surface area contributed by atoms with Crippen LogP contribution in [-0.2, 0) is 0 Å². The van der Waals surface area contributed by atoms with E-state index >= 15 is 0 Å². The van der Waals surface area contributed by atoms with Gasteiger partial charge in [-0.05, 0) is 6.21 Å². The van der Waals surface area contributed by atoms with Crippen LogP contribution >= 0.6 is 0 Å². The van der Waals surface area contributed by atoms with Gasteiger partial charge in [0.05, 0.1) is 0 Å². The Morgan fingerprint density at radius 2 is 2.57 bits per heavy atom. The third-order valence-electron chi connectivity index (χ3n) is 0.671. The first-order valence-electron chi connectivity index (χ1n) is 2.02. The number of nitrogens with one attached hydrogen (secondary N) is 1. The Morgan fingerprint density at radius 3 is 2.86 bits per heavy atom. The summed E-state index contributed by atoms with van der Waals surface area (Å²) in [7, 11) is 0. The second-order valence-corrected chi connectivity index (χ2v) is 1.21. The average molecular weight is 98.1 g/mol. The second-order valence-electron chi connectivity index (χ2n) is 1.21. The Balaban J connectivity index is 2.49. The Morgan fingerprint density at radius 1 is 1.71 bits per heavy atom. The molecule has 0 bridgehead atoms. The van der Waals surface area contributed by atoms with E-state index in [1.54, 1.807) is 12.5 Å². The highest BCUT2D eigenvalue weighted by atomic mass is 19.1. The average Bonchev–Trinajstić information content (AvgIpc) is 1.69. The molecule has 1 aliphatic rings. The molecule has 2 heteroatoms. The van der Waals surface area contributed by atoms with E-state index in [1.165, 1.54) is 12.3 Å². The molecule has 0 aromatic rings. The van der Waals surface area contributed by atoms with Crippen molar-refractivity contribution in [1.29, 1.82) is 0 Å². The second kappa shape index (κ2) is 1.69. The van der Waals surface area contributed by atoms with Crippen LogP contribution in [0.15, 0.2) is 12.2 Å². The fraction of sp³-hybridized carbons (Fsp3) is 0. The molecular weight excluding hydrogens is 93.1 g/mol. The van der Waals surface area contributed by atoms with Gasteiger partial charge in [-0.2, -0.15) is 0 Å². The summed E-state index contributed by atoms with van der Waals surface area (Å²) in [4.78, 5) is 2.36. The van der Waals surface area contributed by atoms with Crippen LogP contribution in [0.3, 0.4) is 0 Å². The molecule has 0 radical (unpaired) electrons. The number of hydrogen-bond donors (Lipinski definition) is 1. The van der Waals surface area contributed by atoms with Crippen LogP contribution in [0, 0.1) is 12.7 Å². The van der Waals surface area contributed by atoms with Crippen molar-refractivity contribution >= 4 is 6.21 Å². The monoisotopic (exact) mass is 98.0 g/mol. The van der Waals surface area contributed by atoms with Gasteiger partial charge in [-0.25, -0.2) is 10.5 Å². The number of rotatable bonds is 0. The van der Waals surface area contributed by atoms with Gasteiger partial charge in [-0.1, -0.05) is 0 Å². The lowest BCUT2D eigenvalue weighted by Crippen LogP contribution is -2.69. The predicted octanol–water partition coefficient (Wildman–Crippen LogP) is -0.629. The molecule has 0 amide bonds. The highest BCUT2D eigenvalue weighted by Gasteiger charge is 1.85. The molecule has 0 saturated carbocycles. The van der Waals surface area contributed by atoms with E-state index in [1.807, 2.05) is 0 Å². The first-order valence-corrected chi connectivity index (χ1v) is 2.02. The van der Waals surface area contributed by atoms with Crippen LogP contribution in [0.1, 0.15) is 0 Å². The normalized spacial score (nSPS) is 17.0. The maximum absolute atomic E-state index is 11.9.